The number of nitrogens with one attached hydrogen (secondary N) is 2. The summed E-state index contributed by atoms with van der Waals surface area (Å²) in [6, 6.07) is 6.11. The Balaban J connectivity index is 2.48. The Bertz CT molecular complexity index is 886. The molecule has 0 radical (unpaired) electrons. The summed E-state index contributed by atoms with van der Waals surface area (Å²) in [4.78, 5) is 45.7. The minimum absolute atomic E-state index is 0.156. The zero-order chi connectivity index (χ0) is 17.9. The number of para-hydroxylation sites is 2. The summed E-state index contributed by atoms with van der Waals surface area (Å²) in [6.07, 6.45) is 0.398. The van der Waals surface area contributed by atoms with Crippen LogP contribution in [-0.2, 0) is 4.79 Å². The van der Waals surface area contributed by atoms with Crippen molar-refractivity contribution in [3.05, 3.63) is 45.8 Å². The zero-order valence-corrected chi connectivity index (χ0v) is 12.3. The Hall–Kier alpha value is -3.62. The molecule has 0 saturated heterocycles. The molecule has 1 aromatic heterocycles. The number of amides is 2. The molecule has 0 aliphatic rings. The van der Waals surface area contributed by atoms with Crippen molar-refractivity contribution in [2.24, 2.45) is 0 Å². The first-order valence-electron chi connectivity index (χ1n) is 6.57. The van der Waals surface area contributed by atoms with E-state index in [0.717, 1.165) is 6.92 Å². The first-order valence-corrected chi connectivity index (χ1v) is 6.57. The molecule has 9 nitrogen and oxygen atoms in total. The minimum atomic E-state index is -1.27. The van der Waals surface area contributed by atoms with Crippen LogP contribution < -0.4 is 16.3 Å². The number of benzene rings is 1. The van der Waals surface area contributed by atoms with Crippen LogP contribution in [0.2, 0.25) is 0 Å². The third-order valence-corrected chi connectivity index (χ3v) is 3.05. The van der Waals surface area contributed by atoms with Gasteiger partial charge in [-0.3, -0.25) is 14.4 Å². The summed E-state index contributed by atoms with van der Waals surface area (Å²) in [5.74, 6) is -4.01. The Morgan fingerprint density at radius 3 is 2.33 bits per heavy atom. The van der Waals surface area contributed by atoms with Gasteiger partial charge in [0.2, 0.25) is 6.41 Å². The highest BCUT2D eigenvalue weighted by atomic mass is 16.5. The molecule has 2 amide bonds. The van der Waals surface area contributed by atoms with Gasteiger partial charge in [0, 0.05) is 0 Å². The van der Waals surface area contributed by atoms with Crippen molar-refractivity contribution in [3.8, 4) is 11.7 Å². The first-order chi connectivity index (χ1) is 11.4. The fourth-order valence-corrected chi connectivity index (χ4v) is 1.99. The van der Waals surface area contributed by atoms with Gasteiger partial charge in [-0.05, 0) is 19.1 Å². The lowest BCUT2D eigenvalue weighted by Crippen LogP contribution is -2.19. The molecule has 2 aromatic rings. The van der Waals surface area contributed by atoms with E-state index in [1.165, 1.54) is 12.1 Å². The first kappa shape index (κ1) is 16.7. The van der Waals surface area contributed by atoms with Gasteiger partial charge < -0.3 is 25.3 Å². The van der Waals surface area contributed by atoms with Crippen LogP contribution in [0, 0.1) is 0 Å². The number of anilines is 2. The van der Waals surface area contributed by atoms with Crippen molar-refractivity contribution in [2.75, 3.05) is 10.6 Å². The van der Waals surface area contributed by atoms with Crippen LogP contribution in [0.1, 0.15) is 27.6 Å². The number of carbonyl (C=O) groups is 3. The Morgan fingerprint density at radius 2 is 1.75 bits per heavy atom. The number of hydrogen-bond acceptors (Lipinski definition) is 7. The van der Waals surface area contributed by atoms with E-state index in [2.05, 4.69) is 15.1 Å². The van der Waals surface area contributed by atoms with Crippen LogP contribution in [0.25, 0.3) is 0 Å². The molecule has 9 heteroatoms. The highest BCUT2D eigenvalue weighted by Gasteiger charge is 2.27. The number of Topliss-reactive ketones (excluding diaryl/α,β-unsaturated/α-hetero) is 1. The average molecular weight is 332 g/mol. The summed E-state index contributed by atoms with van der Waals surface area (Å²) >= 11 is 0. The van der Waals surface area contributed by atoms with E-state index in [1.807, 2.05) is 0 Å². The monoisotopic (exact) mass is 332 g/mol. The van der Waals surface area contributed by atoms with Crippen LogP contribution in [0.4, 0.5) is 11.4 Å². The van der Waals surface area contributed by atoms with Gasteiger partial charge in [0.1, 0.15) is 5.56 Å². The lowest BCUT2D eigenvalue weighted by Gasteiger charge is -2.11. The molecule has 0 saturated carbocycles. The summed E-state index contributed by atoms with van der Waals surface area (Å²) in [5.41, 5.74) is -2.39. The second-order valence-corrected chi connectivity index (χ2v) is 4.61. The predicted molar refractivity (Wildman–Crippen MR) is 82.4 cm³/mol. The van der Waals surface area contributed by atoms with E-state index in [9.17, 15) is 29.4 Å². The Labute approximate surface area is 134 Å². The predicted octanol–water partition coefficient (Wildman–Crippen LogP) is 1.07. The maximum atomic E-state index is 12.3. The van der Waals surface area contributed by atoms with Crippen molar-refractivity contribution in [1.29, 1.82) is 0 Å². The third-order valence-electron chi connectivity index (χ3n) is 3.05. The average Bonchev–Trinajstić information content (AvgIpc) is 2.48. The van der Waals surface area contributed by atoms with Gasteiger partial charge in [-0.15, -0.1) is 0 Å². The van der Waals surface area contributed by atoms with Crippen molar-refractivity contribution < 1.29 is 29.0 Å². The molecule has 0 aliphatic heterocycles. The number of hydrogen-bond donors (Lipinski definition) is 4. The lowest BCUT2D eigenvalue weighted by atomic mass is 10.1. The fraction of sp³-hybridized carbons (Fsp3) is 0.0667. The Morgan fingerprint density at radius 1 is 1.12 bits per heavy atom. The van der Waals surface area contributed by atoms with Crippen molar-refractivity contribution in [1.82, 2.24) is 0 Å². The van der Waals surface area contributed by atoms with Gasteiger partial charge in [-0.2, -0.15) is 0 Å². The SMILES string of the molecule is CC(=O)c1c(O)c(C(=O)Nc2ccccc2NC=O)c(O)oc1=O. The molecule has 4 N–H and O–H groups in total. The molecule has 0 unspecified atom stereocenters. The van der Waals surface area contributed by atoms with Gasteiger partial charge in [-0.25, -0.2) is 4.79 Å². The molecule has 124 valence electrons. The molecule has 0 fully saturated rings. The molecule has 24 heavy (non-hydrogen) atoms. The summed E-state index contributed by atoms with van der Waals surface area (Å²) in [6.45, 7) is 0.994. The quantitative estimate of drug-likeness (QED) is 0.473. The van der Waals surface area contributed by atoms with E-state index in [-0.39, 0.29) is 11.4 Å². The highest BCUT2D eigenvalue weighted by Crippen LogP contribution is 2.30. The van der Waals surface area contributed by atoms with Crippen molar-refractivity contribution >= 4 is 29.5 Å². The van der Waals surface area contributed by atoms with E-state index in [1.54, 1.807) is 12.1 Å². The minimum Gasteiger partial charge on any atom is -0.506 e. The van der Waals surface area contributed by atoms with Crippen LogP contribution in [-0.4, -0.2) is 28.3 Å². The maximum absolute atomic E-state index is 12.3. The number of ketones is 1. The van der Waals surface area contributed by atoms with Crippen molar-refractivity contribution in [2.45, 2.75) is 6.92 Å². The van der Waals surface area contributed by atoms with E-state index >= 15 is 0 Å². The molecule has 1 aromatic carbocycles. The van der Waals surface area contributed by atoms with Crippen LogP contribution in [0.5, 0.6) is 11.7 Å². The molecule has 1 heterocycles. The number of rotatable bonds is 5. The Kier molecular flexibility index (Phi) is 4.64. The van der Waals surface area contributed by atoms with Crippen molar-refractivity contribution in [3.63, 3.8) is 0 Å². The molecule has 0 spiro atoms. The largest absolute Gasteiger partial charge is 0.506 e. The standard InChI is InChI=1S/C15H12N2O7/c1-7(19)10-12(20)11(15(23)24-14(10)22)13(21)17-9-5-3-2-4-8(9)16-6-18/h2-6,20,23H,1H3,(H,16,18)(H,17,21). The van der Waals surface area contributed by atoms with Crippen LogP contribution in [0.3, 0.4) is 0 Å². The summed E-state index contributed by atoms with van der Waals surface area (Å²) < 4.78 is 4.40. The van der Waals surface area contributed by atoms with Crippen LogP contribution >= 0.6 is 0 Å². The van der Waals surface area contributed by atoms with E-state index in [0.29, 0.717) is 6.41 Å². The number of aromatic hydroxyl groups is 2. The topological polar surface area (TPSA) is 146 Å². The van der Waals surface area contributed by atoms with Gasteiger partial charge in [-0.1, -0.05) is 12.1 Å². The summed E-state index contributed by atoms with van der Waals surface area (Å²) in [5, 5.41) is 24.3. The smallest absolute Gasteiger partial charge is 0.353 e. The molecular weight excluding hydrogens is 320 g/mol. The second kappa shape index (κ2) is 6.65. The van der Waals surface area contributed by atoms with Gasteiger partial charge in [0.05, 0.1) is 11.4 Å². The lowest BCUT2D eigenvalue weighted by molar-refractivity contribution is -0.105. The van der Waals surface area contributed by atoms with Crippen LogP contribution in [0.15, 0.2) is 33.5 Å². The van der Waals surface area contributed by atoms with E-state index in [4.69, 9.17) is 0 Å². The molecule has 0 bridgehead atoms. The van der Waals surface area contributed by atoms with E-state index < -0.39 is 40.1 Å². The highest BCUT2D eigenvalue weighted by molar-refractivity contribution is 6.11. The maximum Gasteiger partial charge on any atom is 0.353 e. The molecule has 2 rings (SSSR count). The van der Waals surface area contributed by atoms with Gasteiger partial charge >= 0.3 is 11.6 Å². The van der Waals surface area contributed by atoms with Gasteiger partial charge in [0.15, 0.2) is 17.1 Å². The molecule has 0 aliphatic carbocycles. The normalized spacial score (nSPS) is 10.0. The fourth-order valence-electron chi connectivity index (χ4n) is 1.99. The van der Waals surface area contributed by atoms with Gasteiger partial charge in [0.25, 0.3) is 5.91 Å². The molecular formula is C15H12N2O7. The third kappa shape index (κ3) is 3.09. The summed E-state index contributed by atoms with van der Waals surface area (Å²) in [7, 11) is 0. The molecule has 0 atom stereocenters. The zero-order valence-electron chi connectivity index (χ0n) is 12.3. The second-order valence-electron chi connectivity index (χ2n) is 4.61. The number of carbonyl (C=O) groups excluding carboxylic acids is 3.